The van der Waals surface area contributed by atoms with Gasteiger partial charge >= 0.3 is 5.97 Å². The molecule has 9 heteroatoms. The molecule has 162 valence electrons. The maximum atomic E-state index is 13.3. The number of pyridine rings is 1. The molecule has 1 aliphatic rings. The molecule has 1 aromatic carbocycles. The average molecular weight is 442 g/mol. The second-order valence-corrected chi connectivity index (χ2v) is 8.45. The lowest BCUT2D eigenvalue weighted by Crippen LogP contribution is -2.55. The number of thiophene rings is 1. The number of nitrogens with zero attached hydrogens (tertiary/aromatic N) is 3. The predicted molar refractivity (Wildman–Crippen MR) is 118 cm³/mol. The number of hydrogen-bond donors (Lipinski definition) is 0. The van der Waals surface area contributed by atoms with Gasteiger partial charge in [-0.25, -0.2) is 0 Å². The Hall–Kier alpha value is -3.33. The van der Waals surface area contributed by atoms with Crippen molar-refractivity contribution in [1.29, 1.82) is 0 Å². The zero-order chi connectivity index (χ0) is 22.1. The summed E-state index contributed by atoms with van der Waals surface area (Å²) < 4.78 is 13.1. The van der Waals surface area contributed by atoms with E-state index in [0.29, 0.717) is 13.2 Å². The number of ether oxygens (including phenoxy) is 2. The number of benzene rings is 1. The number of amides is 1. The largest absolute Gasteiger partial charge is 0.451 e. The molecule has 0 aliphatic carbocycles. The van der Waals surface area contributed by atoms with Gasteiger partial charge in [-0.05, 0) is 36.2 Å². The fourth-order valence-electron chi connectivity index (χ4n) is 3.60. The molecule has 31 heavy (non-hydrogen) atoms. The molecule has 0 spiro atoms. The van der Waals surface area contributed by atoms with Crippen LogP contribution >= 0.6 is 11.3 Å². The molecule has 0 bridgehead atoms. The molecule has 2 aromatic heterocycles. The van der Waals surface area contributed by atoms with E-state index in [4.69, 9.17) is 9.47 Å². The van der Waals surface area contributed by atoms with Crippen LogP contribution < -0.4 is 15.2 Å². The first-order valence-corrected chi connectivity index (χ1v) is 10.8. The van der Waals surface area contributed by atoms with Crippen LogP contribution in [0.4, 0.5) is 0 Å². The van der Waals surface area contributed by atoms with Crippen molar-refractivity contribution in [2.24, 2.45) is 0 Å². The van der Waals surface area contributed by atoms with Crippen molar-refractivity contribution < 1.29 is 19.1 Å². The van der Waals surface area contributed by atoms with E-state index in [2.05, 4.69) is 23.6 Å². The SMILES string of the molecule is CC(=O)OCOc1c2n(ccc1=O)N(Cc1cccc3ccsc13)CN(C(C)C)C2=O. The molecule has 0 saturated carbocycles. The van der Waals surface area contributed by atoms with Crippen LogP contribution in [0, 0.1) is 0 Å². The molecule has 3 heterocycles. The van der Waals surface area contributed by atoms with E-state index in [1.54, 1.807) is 27.1 Å². The molecule has 1 aliphatic heterocycles. The average Bonchev–Trinajstić information content (AvgIpc) is 3.20. The summed E-state index contributed by atoms with van der Waals surface area (Å²) in [7, 11) is 0. The normalized spacial score (nSPS) is 13.6. The van der Waals surface area contributed by atoms with Gasteiger partial charge in [-0.15, -0.1) is 11.3 Å². The standard InChI is InChI=1S/C22H23N3O5S/c1-14(2)24-12-23(11-17-6-4-5-16-8-10-31-21(16)17)25-9-7-18(27)20(19(25)22(24)28)30-13-29-15(3)26/h4-10,14H,11-13H2,1-3H3. The molecule has 0 fully saturated rings. The molecule has 4 rings (SSSR count). The second kappa shape index (κ2) is 8.43. The van der Waals surface area contributed by atoms with Crippen LogP contribution in [0.2, 0.25) is 0 Å². The fraction of sp³-hybridized carbons (Fsp3) is 0.318. The Bertz CT molecular complexity index is 1200. The summed E-state index contributed by atoms with van der Waals surface area (Å²) in [5, 5.41) is 5.21. The highest BCUT2D eigenvalue weighted by molar-refractivity contribution is 7.17. The molecular formula is C22H23N3O5S. The Morgan fingerprint density at radius 3 is 2.74 bits per heavy atom. The van der Waals surface area contributed by atoms with Crippen molar-refractivity contribution >= 4 is 33.3 Å². The third-order valence-corrected chi connectivity index (χ3v) is 6.13. The third-order valence-electron chi connectivity index (χ3n) is 5.12. The van der Waals surface area contributed by atoms with Crippen LogP contribution in [-0.4, -0.2) is 41.0 Å². The van der Waals surface area contributed by atoms with Crippen molar-refractivity contribution in [3.8, 4) is 5.75 Å². The van der Waals surface area contributed by atoms with Crippen LogP contribution in [0.1, 0.15) is 36.8 Å². The third kappa shape index (κ3) is 4.00. The van der Waals surface area contributed by atoms with E-state index in [1.807, 2.05) is 24.9 Å². The minimum absolute atomic E-state index is 0.0853. The van der Waals surface area contributed by atoms with E-state index in [1.165, 1.54) is 23.1 Å². The van der Waals surface area contributed by atoms with Gasteiger partial charge in [0.05, 0.1) is 6.54 Å². The number of esters is 1. The van der Waals surface area contributed by atoms with Gasteiger partial charge in [0, 0.05) is 29.9 Å². The second-order valence-electron chi connectivity index (χ2n) is 7.53. The number of aromatic nitrogens is 1. The van der Waals surface area contributed by atoms with Crippen molar-refractivity contribution in [2.45, 2.75) is 33.4 Å². The molecule has 0 unspecified atom stereocenters. The maximum absolute atomic E-state index is 13.3. The van der Waals surface area contributed by atoms with Crippen LogP contribution in [0.5, 0.6) is 5.75 Å². The molecule has 0 radical (unpaired) electrons. The van der Waals surface area contributed by atoms with Crippen LogP contribution in [0.3, 0.4) is 0 Å². The predicted octanol–water partition coefficient (Wildman–Crippen LogP) is 2.92. The highest BCUT2D eigenvalue weighted by Gasteiger charge is 2.34. The monoisotopic (exact) mass is 441 g/mol. The van der Waals surface area contributed by atoms with Gasteiger partial charge in [0.25, 0.3) is 5.91 Å². The van der Waals surface area contributed by atoms with Crippen LogP contribution in [0.25, 0.3) is 10.1 Å². The van der Waals surface area contributed by atoms with E-state index in [9.17, 15) is 14.4 Å². The van der Waals surface area contributed by atoms with Crippen molar-refractivity contribution in [3.63, 3.8) is 0 Å². The van der Waals surface area contributed by atoms with Gasteiger partial charge in [0.1, 0.15) is 6.67 Å². The smallest absolute Gasteiger partial charge is 0.305 e. The lowest BCUT2D eigenvalue weighted by Gasteiger charge is -2.41. The summed E-state index contributed by atoms with van der Waals surface area (Å²) in [5.74, 6) is -0.972. The van der Waals surface area contributed by atoms with E-state index in [-0.39, 0.29) is 23.4 Å². The minimum atomic E-state index is -0.536. The Kier molecular flexibility index (Phi) is 5.69. The topological polar surface area (TPSA) is 81.1 Å². The Labute approximate surface area is 183 Å². The van der Waals surface area contributed by atoms with Gasteiger partial charge in [0.2, 0.25) is 18.0 Å². The van der Waals surface area contributed by atoms with Gasteiger partial charge in [-0.3, -0.25) is 24.1 Å². The first-order valence-electron chi connectivity index (χ1n) is 9.90. The molecular weight excluding hydrogens is 418 g/mol. The summed E-state index contributed by atoms with van der Waals surface area (Å²) in [6.07, 6.45) is 1.58. The first-order chi connectivity index (χ1) is 14.9. The lowest BCUT2D eigenvalue weighted by molar-refractivity contribution is -0.147. The lowest BCUT2D eigenvalue weighted by atomic mass is 10.1. The molecule has 0 N–H and O–H groups in total. The summed E-state index contributed by atoms with van der Waals surface area (Å²) in [6, 6.07) is 9.49. The fourth-order valence-corrected chi connectivity index (χ4v) is 4.50. The zero-order valence-corrected chi connectivity index (χ0v) is 18.3. The summed E-state index contributed by atoms with van der Waals surface area (Å²) in [4.78, 5) is 38.5. The van der Waals surface area contributed by atoms with E-state index >= 15 is 0 Å². The van der Waals surface area contributed by atoms with Crippen molar-refractivity contribution in [1.82, 2.24) is 9.58 Å². The van der Waals surface area contributed by atoms with E-state index in [0.717, 1.165) is 5.56 Å². The Morgan fingerprint density at radius 1 is 1.19 bits per heavy atom. The van der Waals surface area contributed by atoms with Crippen molar-refractivity contribution in [3.05, 3.63) is 63.4 Å². The summed E-state index contributed by atoms with van der Waals surface area (Å²) in [6.45, 7) is 5.55. The number of rotatable bonds is 6. The van der Waals surface area contributed by atoms with Gasteiger partial charge in [-0.2, -0.15) is 0 Å². The van der Waals surface area contributed by atoms with Gasteiger partial charge in [-0.1, -0.05) is 18.2 Å². The molecule has 3 aromatic rings. The molecule has 0 saturated heterocycles. The highest BCUT2D eigenvalue weighted by Crippen LogP contribution is 2.28. The highest BCUT2D eigenvalue weighted by atomic mass is 32.1. The van der Waals surface area contributed by atoms with E-state index < -0.39 is 18.2 Å². The number of carbonyl (C=O) groups is 2. The zero-order valence-electron chi connectivity index (χ0n) is 17.5. The first kappa shape index (κ1) is 20.9. The van der Waals surface area contributed by atoms with Gasteiger partial charge < -0.3 is 14.4 Å². The molecule has 8 nitrogen and oxygen atoms in total. The van der Waals surface area contributed by atoms with Gasteiger partial charge in [0.15, 0.2) is 5.69 Å². The number of carbonyl (C=O) groups excluding carboxylic acids is 2. The number of hydrogen-bond acceptors (Lipinski definition) is 7. The van der Waals surface area contributed by atoms with Crippen LogP contribution in [0.15, 0.2) is 46.7 Å². The molecule has 1 amide bonds. The maximum Gasteiger partial charge on any atom is 0.305 e. The summed E-state index contributed by atoms with van der Waals surface area (Å²) in [5.41, 5.74) is 0.799. The minimum Gasteiger partial charge on any atom is -0.451 e. The molecule has 0 atom stereocenters. The summed E-state index contributed by atoms with van der Waals surface area (Å²) >= 11 is 1.67. The van der Waals surface area contributed by atoms with Crippen molar-refractivity contribution in [2.75, 3.05) is 18.5 Å². The Morgan fingerprint density at radius 2 is 2.00 bits per heavy atom. The number of fused-ring (bicyclic) bond motifs is 2. The Balaban J connectivity index is 1.77. The van der Waals surface area contributed by atoms with Crippen LogP contribution in [-0.2, 0) is 16.1 Å². The quantitative estimate of drug-likeness (QED) is 0.432.